The number of halogens is 2. The SMILES string of the molecule is O=C(NCCc1ccco1)c1cc(Cl)sc1Cl. The van der Waals surface area contributed by atoms with Crippen LogP contribution in [0.1, 0.15) is 16.1 Å². The van der Waals surface area contributed by atoms with Crippen LogP contribution in [0.15, 0.2) is 28.9 Å². The van der Waals surface area contributed by atoms with E-state index in [2.05, 4.69) is 5.32 Å². The van der Waals surface area contributed by atoms with Crippen LogP contribution >= 0.6 is 34.5 Å². The third kappa shape index (κ3) is 3.25. The van der Waals surface area contributed by atoms with Gasteiger partial charge in [-0.2, -0.15) is 0 Å². The van der Waals surface area contributed by atoms with E-state index in [-0.39, 0.29) is 5.91 Å². The van der Waals surface area contributed by atoms with Crippen LogP contribution in [-0.2, 0) is 6.42 Å². The number of carbonyl (C=O) groups excluding carboxylic acids is 1. The molecule has 17 heavy (non-hydrogen) atoms. The van der Waals surface area contributed by atoms with Crippen LogP contribution < -0.4 is 5.32 Å². The van der Waals surface area contributed by atoms with Crippen molar-refractivity contribution in [2.75, 3.05) is 6.54 Å². The predicted octanol–water partition coefficient (Wildman–Crippen LogP) is 3.62. The maximum Gasteiger partial charge on any atom is 0.253 e. The van der Waals surface area contributed by atoms with Gasteiger partial charge in [-0.05, 0) is 18.2 Å². The van der Waals surface area contributed by atoms with Gasteiger partial charge < -0.3 is 9.73 Å². The molecule has 1 amide bonds. The van der Waals surface area contributed by atoms with Crippen molar-refractivity contribution >= 4 is 40.4 Å². The molecule has 0 saturated heterocycles. The van der Waals surface area contributed by atoms with Crippen molar-refractivity contribution in [3.63, 3.8) is 0 Å². The molecule has 0 fully saturated rings. The fourth-order valence-corrected chi connectivity index (χ4v) is 2.80. The summed E-state index contributed by atoms with van der Waals surface area (Å²) in [6.07, 6.45) is 2.25. The Morgan fingerprint density at radius 3 is 2.88 bits per heavy atom. The Morgan fingerprint density at radius 1 is 1.47 bits per heavy atom. The molecule has 3 nitrogen and oxygen atoms in total. The molecule has 0 unspecified atom stereocenters. The second-order valence-corrected chi connectivity index (χ2v) is 5.61. The van der Waals surface area contributed by atoms with Gasteiger partial charge in [0.1, 0.15) is 10.1 Å². The zero-order chi connectivity index (χ0) is 12.3. The molecular formula is C11H9Cl2NO2S. The van der Waals surface area contributed by atoms with E-state index < -0.39 is 0 Å². The first-order chi connectivity index (χ1) is 8.16. The molecule has 0 saturated carbocycles. The van der Waals surface area contributed by atoms with E-state index in [1.807, 2.05) is 12.1 Å². The van der Waals surface area contributed by atoms with Crippen molar-refractivity contribution in [2.24, 2.45) is 0 Å². The smallest absolute Gasteiger partial charge is 0.253 e. The summed E-state index contributed by atoms with van der Waals surface area (Å²) in [6.45, 7) is 0.496. The fourth-order valence-electron chi connectivity index (χ4n) is 1.34. The van der Waals surface area contributed by atoms with E-state index in [0.717, 1.165) is 5.76 Å². The number of hydrogen-bond donors (Lipinski definition) is 1. The lowest BCUT2D eigenvalue weighted by Gasteiger charge is -2.02. The Bertz CT molecular complexity index is 508. The number of nitrogens with one attached hydrogen (secondary N) is 1. The van der Waals surface area contributed by atoms with Crippen LogP contribution in [0.3, 0.4) is 0 Å². The van der Waals surface area contributed by atoms with Gasteiger partial charge in [0, 0.05) is 13.0 Å². The molecule has 6 heteroatoms. The molecule has 0 spiro atoms. The maximum atomic E-state index is 11.7. The van der Waals surface area contributed by atoms with Gasteiger partial charge in [0.25, 0.3) is 5.91 Å². The third-order valence-corrected chi connectivity index (χ3v) is 3.63. The number of hydrogen-bond acceptors (Lipinski definition) is 3. The van der Waals surface area contributed by atoms with Gasteiger partial charge in [0.2, 0.25) is 0 Å². The number of carbonyl (C=O) groups is 1. The summed E-state index contributed by atoms with van der Waals surface area (Å²) in [5.74, 6) is 0.615. The van der Waals surface area contributed by atoms with E-state index in [1.54, 1.807) is 12.3 Å². The average molecular weight is 290 g/mol. The molecular weight excluding hydrogens is 281 g/mol. The molecule has 0 radical (unpaired) electrons. The van der Waals surface area contributed by atoms with Crippen LogP contribution in [-0.4, -0.2) is 12.5 Å². The molecule has 0 aromatic carbocycles. The fraction of sp³-hybridized carbons (Fsp3) is 0.182. The van der Waals surface area contributed by atoms with E-state index in [9.17, 15) is 4.79 Å². The first kappa shape index (κ1) is 12.5. The van der Waals surface area contributed by atoms with E-state index >= 15 is 0 Å². The van der Waals surface area contributed by atoms with Crippen molar-refractivity contribution in [3.05, 3.63) is 44.5 Å². The minimum atomic E-state index is -0.218. The molecule has 2 rings (SSSR count). The van der Waals surface area contributed by atoms with E-state index in [4.69, 9.17) is 27.6 Å². The first-order valence-corrected chi connectivity index (χ1v) is 6.49. The second-order valence-electron chi connectivity index (χ2n) is 3.32. The lowest BCUT2D eigenvalue weighted by molar-refractivity contribution is 0.0954. The zero-order valence-electron chi connectivity index (χ0n) is 8.70. The molecule has 90 valence electrons. The Morgan fingerprint density at radius 2 is 2.29 bits per heavy atom. The second kappa shape index (κ2) is 5.58. The maximum absolute atomic E-state index is 11.7. The lowest BCUT2D eigenvalue weighted by Crippen LogP contribution is -2.25. The van der Waals surface area contributed by atoms with Gasteiger partial charge in [-0.1, -0.05) is 23.2 Å². The monoisotopic (exact) mass is 289 g/mol. The number of rotatable bonds is 4. The quantitative estimate of drug-likeness (QED) is 0.934. The molecule has 0 aliphatic rings. The van der Waals surface area contributed by atoms with Gasteiger partial charge >= 0.3 is 0 Å². The minimum Gasteiger partial charge on any atom is -0.469 e. The van der Waals surface area contributed by atoms with Crippen LogP contribution in [0.25, 0.3) is 0 Å². The molecule has 1 N–H and O–H groups in total. The molecule has 0 aliphatic heterocycles. The van der Waals surface area contributed by atoms with Crippen molar-refractivity contribution in [1.29, 1.82) is 0 Å². The van der Waals surface area contributed by atoms with Crippen molar-refractivity contribution in [2.45, 2.75) is 6.42 Å². The molecule has 0 bridgehead atoms. The van der Waals surface area contributed by atoms with Crippen molar-refractivity contribution in [1.82, 2.24) is 5.32 Å². The lowest BCUT2D eigenvalue weighted by atomic mass is 10.3. The van der Waals surface area contributed by atoms with Gasteiger partial charge in [-0.3, -0.25) is 4.79 Å². The summed E-state index contributed by atoms with van der Waals surface area (Å²) < 4.78 is 6.07. The zero-order valence-corrected chi connectivity index (χ0v) is 11.0. The van der Waals surface area contributed by atoms with Gasteiger partial charge in [0.15, 0.2) is 0 Å². The molecule has 0 atom stereocenters. The van der Waals surface area contributed by atoms with Gasteiger partial charge in [-0.15, -0.1) is 11.3 Å². The largest absolute Gasteiger partial charge is 0.469 e. The number of thiophene rings is 1. The third-order valence-electron chi connectivity index (χ3n) is 2.14. The molecule has 2 aromatic heterocycles. The van der Waals surface area contributed by atoms with E-state index in [0.29, 0.717) is 27.2 Å². The minimum absolute atomic E-state index is 0.218. The Hall–Kier alpha value is -0.970. The predicted molar refractivity (Wildman–Crippen MR) is 69.1 cm³/mol. The topological polar surface area (TPSA) is 42.2 Å². The average Bonchev–Trinajstić information content (AvgIpc) is 2.88. The summed E-state index contributed by atoms with van der Waals surface area (Å²) in [4.78, 5) is 11.7. The summed E-state index contributed by atoms with van der Waals surface area (Å²) >= 11 is 12.8. The first-order valence-electron chi connectivity index (χ1n) is 4.92. The summed E-state index contributed by atoms with van der Waals surface area (Å²) in [6, 6.07) is 5.24. The number of amides is 1. The highest BCUT2D eigenvalue weighted by Crippen LogP contribution is 2.30. The Balaban J connectivity index is 1.87. The van der Waals surface area contributed by atoms with Gasteiger partial charge in [0.05, 0.1) is 16.2 Å². The summed E-state index contributed by atoms with van der Waals surface area (Å²) in [5.41, 5.74) is 0.418. The molecule has 2 aromatic rings. The molecule has 0 aliphatic carbocycles. The highest BCUT2D eigenvalue weighted by Gasteiger charge is 2.13. The standard InChI is InChI=1S/C11H9Cl2NO2S/c12-9-6-8(10(13)17-9)11(15)14-4-3-7-2-1-5-16-7/h1-2,5-6H,3-4H2,(H,14,15). The summed E-state index contributed by atoms with van der Waals surface area (Å²) in [7, 11) is 0. The van der Waals surface area contributed by atoms with Crippen LogP contribution in [0, 0.1) is 0 Å². The highest BCUT2D eigenvalue weighted by molar-refractivity contribution is 7.20. The number of furan rings is 1. The Kier molecular flexibility index (Phi) is 4.10. The normalized spacial score (nSPS) is 10.5. The summed E-state index contributed by atoms with van der Waals surface area (Å²) in [5, 5.41) is 2.76. The van der Waals surface area contributed by atoms with Crippen LogP contribution in [0.2, 0.25) is 8.67 Å². The van der Waals surface area contributed by atoms with Gasteiger partial charge in [-0.25, -0.2) is 0 Å². The van der Waals surface area contributed by atoms with Crippen molar-refractivity contribution in [3.8, 4) is 0 Å². The van der Waals surface area contributed by atoms with Crippen LogP contribution in [0.4, 0.5) is 0 Å². The molecule has 2 heterocycles. The highest BCUT2D eigenvalue weighted by atomic mass is 35.5. The van der Waals surface area contributed by atoms with E-state index in [1.165, 1.54) is 11.3 Å². The van der Waals surface area contributed by atoms with Crippen LogP contribution in [0.5, 0.6) is 0 Å². The Labute approximate surface area is 112 Å². The van der Waals surface area contributed by atoms with Crippen molar-refractivity contribution < 1.29 is 9.21 Å².